The molecule has 2 rings (SSSR count). The summed E-state index contributed by atoms with van der Waals surface area (Å²) in [4.78, 5) is -1.25. The summed E-state index contributed by atoms with van der Waals surface area (Å²) in [7, 11) is -9.12. The molecule has 0 aromatic heterocycles. The second-order valence-corrected chi connectivity index (χ2v) is 8.61. The number of fused-ring (bicyclic) bond motifs is 1. The van der Waals surface area contributed by atoms with Gasteiger partial charge in [0.1, 0.15) is 9.79 Å². The highest BCUT2D eigenvalue weighted by atomic mass is 32.2. The molecule has 0 aliphatic rings. The van der Waals surface area contributed by atoms with Crippen molar-refractivity contribution < 1.29 is 25.6 Å². The second kappa shape index (κ2) is 5.31. The van der Waals surface area contributed by atoms with Crippen molar-refractivity contribution in [3.63, 3.8) is 0 Å². The highest BCUT2D eigenvalue weighted by molar-refractivity contribution is 7.89. The molecular formula is C14H16O6S2. The fourth-order valence-corrected chi connectivity index (χ4v) is 4.77. The van der Waals surface area contributed by atoms with Crippen LogP contribution in [0.1, 0.15) is 20.8 Å². The molecule has 0 aliphatic carbocycles. The standard InChI is InChI=1S/C14H16O6S2/c1-14(2,3)20-22(18,19)13-11-7-5-4-6-10(11)8-9-12(13)21(15,16)17/h4-9H,1-3H3,(H,15,16,17). The first kappa shape index (κ1) is 16.9. The van der Waals surface area contributed by atoms with Crippen LogP contribution in [0.3, 0.4) is 0 Å². The van der Waals surface area contributed by atoms with Gasteiger partial charge in [0.15, 0.2) is 0 Å². The van der Waals surface area contributed by atoms with Crippen molar-refractivity contribution in [2.75, 3.05) is 0 Å². The average Bonchev–Trinajstić information content (AvgIpc) is 2.33. The Morgan fingerprint density at radius 1 is 0.955 bits per heavy atom. The molecule has 0 bridgehead atoms. The Balaban J connectivity index is 2.91. The lowest BCUT2D eigenvalue weighted by Crippen LogP contribution is -2.25. The van der Waals surface area contributed by atoms with E-state index in [4.69, 9.17) is 4.18 Å². The summed E-state index contributed by atoms with van der Waals surface area (Å²) >= 11 is 0. The first-order valence-electron chi connectivity index (χ1n) is 6.37. The third kappa shape index (κ3) is 3.46. The van der Waals surface area contributed by atoms with Gasteiger partial charge in [-0.25, -0.2) is 0 Å². The Morgan fingerprint density at radius 3 is 2.09 bits per heavy atom. The van der Waals surface area contributed by atoms with Crippen molar-refractivity contribution in [3.8, 4) is 0 Å². The van der Waals surface area contributed by atoms with Crippen LogP contribution in [0.5, 0.6) is 0 Å². The highest BCUT2D eigenvalue weighted by Gasteiger charge is 2.32. The minimum atomic E-state index is -4.72. The van der Waals surface area contributed by atoms with Gasteiger partial charge in [0, 0.05) is 5.39 Å². The molecule has 0 atom stereocenters. The lowest BCUT2D eigenvalue weighted by atomic mass is 10.1. The predicted molar refractivity (Wildman–Crippen MR) is 81.8 cm³/mol. The van der Waals surface area contributed by atoms with E-state index in [2.05, 4.69) is 0 Å². The molecule has 0 radical (unpaired) electrons. The van der Waals surface area contributed by atoms with Gasteiger partial charge in [-0.15, -0.1) is 0 Å². The molecule has 120 valence electrons. The molecule has 0 heterocycles. The van der Waals surface area contributed by atoms with E-state index in [1.807, 2.05) is 0 Å². The van der Waals surface area contributed by atoms with Crippen LogP contribution in [0.15, 0.2) is 46.2 Å². The fraction of sp³-hybridized carbons (Fsp3) is 0.286. The molecule has 0 unspecified atom stereocenters. The summed E-state index contributed by atoms with van der Waals surface area (Å²) in [6.45, 7) is 4.59. The number of rotatable bonds is 3. The molecule has 0 saturated carbocycles. The summed E-state index contributed by atoms with van der Waals surface area (Å²) in [5, 5.41) is 0.688. The molecule has 22 heavy (non-hydrogen) atoms. The summed E-state index contributed by atoms with van der Waals surface area (Å²) in [6.07, 6.45) is 0. The van der Waals surface area contributed by atoms with Crippen LogP contribution in [-0.2, 0) is 24.4 Å². The maximum absolute atomic E-state index is 12.5. The Bertz CT molecular complexity index is 921. The quantitative estimate of drug-likeness (QED) is 0.679. The van der Waals surface area contributed by atoms with Gasteiger partial charge in [-0.05, 0) is 32.2 Å². The molecule has 6 nitrogen and oxygen atoms in total. The van der Waals surface area contributed by atoms with Gasteiger partial charge in [0.05, 0.1) is 5.60 Å². The monoisotopic (exact) mass is 344 g/mol. The van der Waals surface area contributed by atoms with Gasteiger partial charge in [-0.1, -0.05) is 30.3 Å². The minimum Gasteiger partial charge on any atom is -0.282 e. The number of benzene rings is 2. The first-order valence-corrected chi connectivity index (χ1v) is 9.21. The highest BCUT2D eigenvalue weighted by Crippen LogP contribution is 2.32. The second-order valence-electron chi connectivity index (χ2n) is 5.74. The van der Waals surface area contributed by atoms with Gasteiger partial charge in [0.25, 0.3) is 20.2 Å². The lowest BCUT2D eigenvalue weighted by Gasteiger charge is -2.20. The van der Waals surface area contributed by atoms with Crippen molar-refractivity contribution in [1.82, 2.24) is 0 Å². The molecular weight excluding hydrogens is 328 g/mol. The van der Waals surface area contributed by atoms with Gasteiger partial charge < -0.3 is 0 Å². The Hall–Kier alpha value is -1.48. The Morgan fingerprint density at radius 2 is 1.55 bits per heavy atom. The molecule has 0 saturated heterocycles. The topological polar surface area (TPSA) is 97.7 Å². The molecule has 0 aliphatic heterocycles. The van der Waals surface area contributed by atoms with Gasteiger partial charge in [-0.3, -0.25) is 8.74 Å². The zero-order valence-corrected chi connectivity index (χ0v) is 13.9. The van der Waals surface area contributed by atoms with Gasteiger partial charge in [-0.2, -0.15) is 16.8 Å². The van der Waals surface area contributed by atoms with Crippen LogP contribution < -0.4 is 0 Å². The molecule has 2 aromatic rings. The van der Waals surface area contributed by atoms with E-state index in [9.17, 15) is 21.4 Å². The van der Waals surface area contributed by atoms with Gasteiger partial charge >= 0.3 is 0 Å². The van der Waals surface area contributed by atoms with Crippen molar-refractivity contribution in [1.29, 1.82) is 0 Å². The summed E-state index contributed by atoms with van der Waals surface area (Å²) in [5.74, 6) is 0. The normalized spacial score (nSPS) is 13.5. The van der Waals surface area contributed by atoms with Crippen LogP contribution in [0, 0.1) is 0 Å². The molecule has 0 fully saturated rings. The molecule has 1 N–H and O–H groups in total. The van der Waals surface area contributed by atoms with Crippen LogP contribution in [0.2, 0.25) is 0 Å². The summed E-state index contributed by atoms with van der Waals surface area (Å²) in [6, 6.07) is 8.84. The summed E-state index contributed by atoms with van der Waals surface area (Å²) < 4.78 is 62.5. The Kier molecular flexibility index (Phi) is 4.07. The zero-order chi connectivity index (χ0) is 16.8. The average molecular weight is 344 g/mol. The van der Waals surface area contributed by atoms with Crippen molar-refractivity contribution in [2.24, 2.45) is 0 Å². The zero-order valence-electron chi connectivity index (χ0n) is 12.3. The Labute approximate surface area is 129 Å². The van der Waals surface area contributed by atoms with E-state index in [1.54, 1.807) is 18.2 Å². The van der Waals surface area contributed by atoms with Crippen molar-refractivity contribution in [2.45, 2.75) is 36.2 Å². The third-order valence-electron chi connectivity index (χ3n) is 2.73. The smallest absolute Gasteiger partial charge is 0.282 e. The van der Waals surface area contributed by atoms with E-state index in [0.717, 1.165) is 6.07 Å². The predicted octanol–water partition coefficient (Wildman–Crippen LogP) is 2.59. The number of hydrogen-bond acceptors (Lipinski definition) is 5. The largest absolute Gasteiger partial charge is 0.299 e. The first-order chi connectivity index (χ1) is 9.92. The molecule has 8 heteroatoms. The van der Waals surface area contributed by atoms with Crippen LogP contribution in [0.25, 0.3) is 10.8 Å². The SMILES string of the molecule is CC(C)(C)OS(=O)(=O)c1c(S(=O)(=O)O)ccc2ccccc12. The summed E-state index contributed by atoms with van der Waals surface area (Å²) in [5.41, 5.74) is -1.05. The molecule has 2 aromatic carbocycles. The van der Waals surface area contributed by atoms with E-state index in [0.29, 0.717) is 5.39 Å². The molecule has 0 spiro atoms. The van der Waals surface area contributed by atoms with Crippen LogP contribution in [0.4, 0.5) is 0 Å². The lowest BCUT2D eigenvalue weighted by molar-refractivity contribution is 0.139. The fourth-order valence-electron chi connectivity index (χ4n) is 2.05. The van der Waals surface area contributed by atoms with Crippen molar-refractivity contribution >= 4 is 31.0 Å². The van der Waals surface area contributed by atoms with E-state index < -0.39 is 35.6 Å². The maximum Gasteiger partial charge on any atom is 0.299 e. The van der Waals surface area contributed by atoms with E-state index in [-0.39, 0.29) is 5.39 Å². The van der Waals surface area contributed by atoms with Gasteiger partial charge in [0.2, 0.25) is 0 Å². The minimum absolute atomic E-state index is 0.168. The van der Waals surface area contributed by atoms with E-state index in [1.165, 1.54) is 32.9 Å². The van der Waals surface area contributed by atoms with E-state index >= 15 is 0 Å². The maximum atomic E-state index is 12.5. The number of hydrogen-bond donors (Lipinski definition) is 1. The molecule has 0 amide bonds. The van der Waals surface area contributed by atoms with Crippen molar-refractivity contribution in [3.05, 3.63) is 36.4 Å². The third-order valence-corrected chi connectivity index (χ3v) is 5.42. The van der Waals surface area contributed by atoms with Crippen LogP contribution >= 0.6 is 0 Å². The van der Waals surface area contributed by atoms with Crippen LogP contribution in [-0.4, -0.2) is 27.0 Å².